The lowest BCUT2D eigenvalue weighted by Gasteiger charge is -2.29. The average Bonchev–Trinajstić information content (AvgIpc) is 2.41. The van der Waals surface area contributed by atoms with E-state index in [1.807, 2.05) is 24.3 Å². The van der Waals surface area contributed by atoms with Crippen LogP contribution >= 0.6 is 7.67 Å². The molecular formula is C14H19N2O3P. The lowest BCUT2D eigenvalue weighted by Crippen LogP contribution is -2.24. The Morgan fingerprint density at radius 1 is 1.00 bits per heavy atom. The molecule has 0 spiro atoms. The van der Waals surface area contributed by atoms with Gasteiger partial charge in [-0.3, -0.25) is 0 Å². The summed E-state index contributed by atoms with van der Waals surface area (Å²) in [6, 6.07) is 10.9. The zero-order valence-electron chi connectivity index (χ0n) is 12.1. The first-order valence-electron chi connectivity index (χ1n) is 6.22. The first-order valence-corrected chi connectivity index (χ1v) is 7.75. The lowest BCUT2D eigenvalue weighted by molar-refractivity contribution is 0.344. The Balaban J connectivity index is 2.49. The van der Waals surface area contributed by atoms with E-state index < -0.39 is 7.67 Å². The molecule has 0 fully saturated rings. The van der Waals surface area contributed by atoms with Crippen molar-refractivity contribution >= 4 is 18.4 Å². The van der Waals surface area contributed by atoms with Crippen LogP contribution in [0.15, 0.2) is 36.4 Å². The first-order chi connectivity index (χ1) is 9.36. The van der Waals surface area contributed by atoms with E-state index in [4.69, 9.17) is 4.52 Å². The van der Waals surface area contributed by atoms with Crippen LogP contribution in [0.4, 0.5) is 0 Å². The standard InChI is InChI=1S/C14H19N2O3P/c1-15(2)20(18,16(3)4)19-13-10-9-11-7-5-6-8-12(11)14(13)17/h5-10,17H,1-4H3. The molecule has 0 heterocycles. The van der Waals surface area contributed by atoms with Gasteiger partial charge in [0.1, 0.15) is 0 Å². The molecule has 0 aliphatic heterocycles. The van der Waals surface area contributed by atoms with Crippen LogP contribution in [0, 0.1) is 0 Å². The molecule has 0 aliphatic carbocycles. The Bertz CT molecular complexity index is 659. The molecule has 2 aromatic carbocycles. The number of aromatic hydroxyl groups is 1. The predicted molar refractivity (Wildman–Crippen MR) is 81.2 cm³/mol. The van der Waals surface area contributed by atoms with E-state index >= 15 is 0 Å². The summed E-state index contributed by atoms with van der Waals surface area (Å²) in [5.41, 5.74) is 0. The predicted octanol–water partition coefficient (Wildman–Crippen LogP) is 3.16. The number of nitrogens with zero attached hydrogens (tertiary/aromatic N) is 2. The van der Waals surface area contributed by atoms with E-state index in [9.17, 15) is 9.67 Å². The van der Waals surface area contributed by atoms with Crippen molar-refractivity contribution in [2.24, 2.45) is 0 Å². The molecule has 2 rings (SSSR count). The molecule has 108 valence electrons. The summed E-state index contributed by atoms with van der Waals surface area (Å²) in [5, 5.41) is 11.9. The van der Waals surface area contributed by atoms with E-state index in [2.05, 4.69) is 0 Å². The van der Waals surface area contributed by atoms with Crippen molar-refractivity contribution in [1.82, 2.24) is 9.34 Å². The van der Waals surface area contributed by atoms with Gasteiger partial charge in [0.15, 0.2) is 11.5 Å². The van der Waals surface area contributed by atoms with Crippen molar-refractivity contribution in [3.8, 4) is 11.5 Å². The fourth-order valence-electron chi connectivity index (χ4n) is 1.96. The molecule has 0 atom stereocenters. The lowest BCUT2D eigenvalue weighted by atomic mass is 10.1. The number of phenols is 1. The zero-order chi connectivity index (χ0) is 14.9. The Labute approximate surface area is 118 Å². The highest BCUT2D eigenvalue weighted by Crippen LogP contribution is 2.52. The average molecular weight is 294 g/mol. The second-order valence-corrected chi connectivity index (χ2v) is 7.67. The van der Waals surface area contributed by atoms with E-state index in [0.29, 0.717) is 5.39 Å². The van der Waals surface area contributed by atoms with Gasteiger partial charge in [0.2, 0.25) is 0 Å². The highest BCUT2D eigenvalue weighted by molar-refractivity contribution is 7.54. The van der Waals surface area contributed by atoms with Crippen LogP contribution in [0.25, 0.3) is 10.8 Å². The maximum atomic E-state index is 12.8. The maximum absolute atomic E-state index is 12.8. The topological polar surface area (TPSA) is 53.0 Å². The van der Waals surface area contributed by atoms with Crippen molar-refractivity contribution in [3.05, 3.63) is 36.4 Å². The molecule has 0 amide bonds. The summed E-state index contributed by atoms with van der Waals surface area (Å²) < 4.78 is 21.4. The second kappa shape index (κ2) is 5.44. The summed E-state index contributed by atoms with van der Waals surface area (Å²) in [6.07, 6.45) is 0. The third kappa shape index (κ3) is 2.52. The summed E-state index contributed by atoms with van der Waals surface area (Å²) in [4.78, 5) is 0. The number of hydrogen-bond acceptors (Lipinski definition) is 3. The minimum atomic E-state index is -3.18. The van der Waals surface area contributed by atoms with Crippen molar-refractivity contribution < 1.29 is 14.2 Å². The van der Waals surface area contributed by atoms with Gasteiger partial charge in [-0.1, -0.05) is 30.3 Å². The maximum Gasteiger partial charge on any atom is 0.394 e. The van der Waals surface area contributed by atoms with E-state index in [-0.39, 0.29) is 11.5 Å². The summed E-state index contributed by atoms with van der Waals surface area (Å²) >= 11 is 0. The quantitative estimate of drug-likeness (QED) is 0.878. The smallest absolute Gasteiger partial charge is 0.394 e. The Morgan fingerprint density at radius 3 is 2.20 bits per heavy atom. The van der Waals surface area contributed by atoms with Crippen LogP contribution < -0.4 is 4.52 Å². The van der Waals surface area contributed by atoms with Gasteiger partial charge in [-0.2, -0.15) is 0 Å². The van der Waals surface area contributed by atoms with Gasteiger partial charge < -0.3 is 9.63 Å². The Kier molecular flexibility index (Phi) is 4.04. The van der Waals surface area contributed by atoms with Gasteiger partial charge in [-0.05, 0) is 39.6 Å². The molecule has 6 heteroatoms. The zero-order valence-corrected chi connectivity index (χ0v) is 13.0. The third-order valence-corrected chi connectivity index (χ3v) is 5.55. The highest BCUT2D eigenvalue weighted by atomic mass is 31.2. The normalized spacial score (nSPS) is 12.3. The van der Waals surface area contributed by atoms with Gasteiger partial charge in [0.05, 0.1) is 0 Å². The molecule has 0 saturated heterocycles. The monoisotopic (exact) mass is 294 g/mol. The minimum absolute atomic E-state index is 0.00650. The van der Waals surface area contributed by atoms with E-state index in [1.165, 1.54) is 9.34 Å². The molecule has 1 N–H and O–H groups in total. The van der Waals surface area contributed by atoms with Crippen LogP contribution in [0.2, 0.25) is 0 Å². The van der Waals surface area contributed by atoms with Gasteiger partial charge in [-0.25, -0.2) is 13.9 Å². The summed E-state index contributed by atoms with van der Waals surface area (Å²) in [6.45, 7) is 0. The van der Waals surface area contributed by atoms with Gasteiger partial charge in [0.25, 0.3) is 0 Å². The Hall–Kier alpha value is -1.55. The molecule has 0 saturated carbocycles. The van der Waals surface area contributed by atoms with Gasteiger partial charge >= 0.3 is 7.67 Å². The molecular weight excluding hydrogens is 275 g/mol. The molecule has 0 bridgehead atoms. The van der Waals surface area contributed by atoms with Gasteiger partial charge in [-0.15, -0.1) is 0 Å². The molecule has 0 unspecified atom stereocenters. The summed E-state index contributed by atoms with van der Waals surface area (Å²) in [7, 11) is 3.53. The highest BCUT2D eigenvalue weighted by Gasteiger charge is 2.32. The van der Waals surface area contributed by atoms with Crippen LogP contribution in [0.3, 0.4) is 0 Å². The Morgan fingerprint density at radius 2 is 1.60 bits per heavy atom. The fourth-order valence-corrected chi connectivity index (χ4v) is 3.40. The molecule has 2 aromatic rings. The van der Waals surface area contributed by atoms with Crippen molar-refractivity contribution in [1.29, 1.82) is 0 Å². The van der Waals surface area contributed by atoms with Crippen molar-refractivity contribution in [3.63, 3.8) is 0 Å². The number of rotatable bonds is 4. The largest absolute Gasteiger partial charge is 0.504 e. The van der Waals surface area contributed by atoms with Crippen molar-refractivity contribution in [2.75, 3.05) is 28.2 Å². The van der Waals surface area contributed by atoms with Crippen LogP contribution in [0.5, 0.6) is 11.5 Å². The molecule has 0 radical (unpaired) electrons. The third-order valence-electron chi connectivity index (χ3n) is 3.09. The van der Waals surface area contributed by atoms with Crippen LogP contribution in [-0.2, 0) is 4.57 Å². The number of hydrogen-bond donors (Lipinski definition) is 1. The number of benzene rings is 2. The van der Waals surface area contributed by atoms with Crippen LogP contribution in [-0.4, -0.2) is 42.6 Å². The van der Waals surface area contributed by atoms with E-state index in [1.54, 1.807) is 40.3 Å². The summed E-state index contributed by atoms with van der Waals surface area (Å²) in [5.74, 6) is 0.224. The molecule has 0 aromatic heterocycles. The van der Waals surface area contributed by atoms with Crippen molar-refractivity contribution in [2.45, 2.75) is 0 Å². The number of fused-ring (bicyclic) bond motifs is 1. The SMILES string of the molecule is CN(C)P(=O)(Oc1ccc2ccccc2c1O)N(C)C. The first kappa shape index (κ1) is 14.9. The van der Waals surface area contributed by atoms with E-state index in [0.717, 1.165) is 5.39 Å². The fraction of sp³-hybridized carbons (Fsp3) is 0.286. The molecule has 0 aliphatic rings. The number of phenolic OH excluding ortho intramolecular Hbond substituents is 1. The second-order valence-electron chi connectivity index (χ2n) is 4.91. The van der Waals surface area contributed by atoms with Crippen LogP contribution in [0.1, 0.15) is 0 Å². The molecule has 5 nitrogen and oxygen atoms in total. The molecule has 20 heavy (non-hydrogen) atoms. The van der Waals surface area contributed by atoms with Gasteiger partial charge in [0, 0.05) is 5.39 Å². The minimum Gasteiger partial charge on any atom is -0.504 e.